The molecule has 1 heterocycles. The summed E-state index contributed by atoms with van der Waals surface area (Å²) in [6.45, 7) is 6.18. The largest absolute Gasteiger partial charge is 0.481 e. The first-order valence-corrected chi connectivity index (χ1v) is 9.89. The van der Waals surface area contributed by atoms with Crippen molar-refractivity contribution in [3.8, 4) is 5.75 Å². The second-order valence-electron chi connectivity index (χ2n) is 7.16. The number of carbonyl (C=O) groups is 1. The summed E-state index contributed by atoms with van der Waals surface area (Å²) in [5, 5.41) is 4.08. The topological polar surface area (TPSA) is 41.6 Å². The number of hydrogen-bond acceptors (Lipinski definition) is 3. The number of ether oxygens (including phenoxy) is 1. The lowest BCUT2D eigenvalue weighted by atomic mass is 10.1. The first-order valence-electron chi connectivity index (χ1n) is 9.52. The van der Waals surface area contributed by atoms with Gasteiger partial charge in [-0.05, 0) is 62.6 Å². The first kappa shape index (κ1) is 19.7. The van der Waals surface area contributed by atoms with E-state index < -0.39 is 6.10 Å². The molecule has 1 N–H and O–H groups in total. The fourth-order valence-electron chi connectivity index (χ4n) is 3.46. The zero-order valence-electron chi connectivity index (χ0n) is 16.0. The maximum Gasteiger partial charge on any atom is 0.263 e. The average molecular weight is 387 g/mol. The molecule has 0 unspecified atom stereocenters. The SMILES string of the molecule is Cc1ccccc1CN(C[C@H]1CCCN1)C(=O)[C@@H](C)Oc1cccc(Cl)c1. The minimum Gasteiger partial charge on any atom is -0.481 e. The van der Waals surface area contributed by atoms with Crippen molar-refractivity contribution in [3.63, 3.8) is 0 Å². The van der Waals surface area contributed by atoms with Crippen molar-refractivity contribution in [3.05, 3.63) is 64.7 Å². The van der Waals surface area contributed by atoms with Gasteiger partial charge in [-0.2, -0.15) is 0 Å². The highest BCUT2D eigenvalue weighted by atomic mass is 35.5. The number of hydrogen-bond donors (Lipinski definition) is 1. The molecular formula is C22H27ClN2O2. The van der Waals surface area contributed by atoms with E-state index in [-0.39, 0.29) is 5.91 Å². The molecule has 0 aliphatic carbocycles. The van der Waals surface area contributed by atoms with Crippen LogP contribution >= 0.6 is 11.6 Å². The summed E-state index contributed by atoms with van der Waals surface area (Å²) < 4.78 is 5.87. The Morgan fingerprint density at radius 1 is 1.30 bits per heavy atom. The smallest absolute Gasteiger partial charge is 0.263 e. The minimum atomic E-state index is -0.575. The highest BCUT2D eigenvalue weighted by Gasteiger charge is 2.26. The molecule has 3 rings (SSSR count). The third kappa shape index (κ3) is 5.47. The molecule has 0 saturated carbocycles. The maximum absolute atomic E-state index is 13.2. The van der Waals surface area contributed by atoms with Crippen LogP contribution in [-0.2, 0) is 11.3 Å². The van der Waals surface area contributed by atoms with Crippen molar-refractivity contribution >= 4 is 17.5 Å². The van der Waals surface area contributed by atoms with Gasteiger partial charge >= 0.3 is 0 Å². The van der Waals surface area contributed by atoms with Crippen LogP contribution < -0.4 is 10.1 Å². The molecule has 5 heteroatoms. The summed E-state index contributed by atoms with van der Waals surface area (Å²) in [7, 11) is 0. The number of carbonyl (C=O) groups excluding carboxylic acids is 1. The highest BCUT2D eigenvalue weighted by Crippen LogP contribution is 2.20. The van der Waals surface area contributed by atoms with E-state index in [1.54, 1.807) is 19.1 Å². The van der Waals surface area contributed by atoms with Crippen LogP contribution in [-0.4, -0.2) is 36.0 Å². The van der Waals surface area contributed by atoms with Crippen molar-refractivity contribution in [2.75, 3.05) is 13.1 Å². The summed E-state index contributed by atoms with van der Waals surface area (Å²) in [6, 6.07) is 15.7. The van der Waals surface area contributed by atoms with Crippen molar-refractivity contribution in [1.29, 1.82) is 0 Å². The maximum atomic E-state index is 13.2. The fraction of sp³-hybridized carbons (Fsp3) is 0.409. The molecule has 0 bridgehead atoms. The Bertz CT molecular complexity index is 774. The molecule has 0 aromatic heterocycles. The van der Waals surface area contributed by atoms with Crippen molar-refractivity contribution in [1.82, 2.24) is 10.2 Å². The predicted octanol–water partition coefficient (Wildman–Crippen LogP) is 4.20. The van der Waals surface area contributed by atoms with Crippen molar-refractivity contribution < 1.29 is 9.53 Å². The second kappa shape index (κ2) is 9.25. The quantitative estimate of drug-likeness (QED) is 0.775. The lowest BCUT2D eigenvalue weighted by Gasteiger charge is -2.29. The van der Waals surface area contributed by atoms with Crippen LogP contribution in [0.15, 0.2) is 48.5 Å². The molecule has 1 saturated heterocycles. The Kier molecular flexibility index (Phi) is 6.75. The normalized spacial score (nSPS) is 17.5. The van der Waals surface area contributed by atoms with E-state index in [2.05, 4.69) is 24.4 Å². The fourth-order valence-corrected chi connectivity index (χ4v) is 3.64. The number of rotatable bonds is 7. The van der Waals surface area contributed by atoms with E-state index in [4.69, 9.17) is 16.3 Å². The summed E-state index contributed by atoms with van der Waals surface area (Å²) >= 11 is 6.02. The predicted molar refractivity (Wildman–Crippen MR) is 109 cm³/mol. The van der Waals surface area contributed by atoms with Gasteiger partial charge in [0.05, 0.1) is 0 Å². The van der Waals surface area contributed by atoms with Crippen LogP contribution in [0.2, 0.25) is 5.02 Å². The van der Waals surface area contributed by atoms with Gasteiger partial charge in [0, 0.05) is 24.2 Å². The van der Waals surface area contributed by atoms with Crippen molar-refractivity contribution in [2.24, 2.45) is 0 Å². The molecule has 1 aliphatic heterocycles. The lowest BCUT2D eigenvalue weighted by Crippen LogP contribution is -2.45. The van der Waals surface area contributed by atoms with Crippen LogP contribution in [0.4, 0.5) is 0 Å². The van der Waals surface area contributed by atoms with Gasteiger partial charge in [0.15, 0.2) is 6.10 Å². The van der Waals surface area contributed by atoms with E-state index in [9.17, 15) is 4.79 Å². The highest BCUT2D eigenvalue weighted by molar-refractivity contribution is 6.30. The summed E-state index contributed by atoms with van der Waals surface area (Å²) in [5.74, 6) is 0.602. The Hall–Kier alpha value is -2.04. The number of halogens is 1. The van der Waals surface area contributed by atoms with Gasteiger partial charge in [-0.25, -0.2) is 0 Å². The summed E-state index contributed by atoms with van der Waals surface area (Å²) in [6.07, 6.45) is 1.68. The number of aryl methyl sites for hydroxylation is 1. The third-order valence-corrected chi connectivity index (χ3v) is 5.23. The number of benzene rings is 2. The van der Waals surface area contributed by atoms with Crippen LogP contribution in [0.3, 0.4) is 0 Å². The van der Waals surface area contributed by atoms with E-state index >= 15 is 0 Å². The van der Waals surface area contributed by atoms with Gasteiger partial charge in [0.1, 0.15) is 5.75 Å². The van der Waals surface area contributed by atoms with Crippen molar-refractivity contribution in [2.45, 2.75) is 45.4 Å². The zero-order chi connectivity index (χ0) is 19.2. The Labute approximate surface area is 166 Å². The van der Waals surface area contributed by atoms with Gasteiger partial charge in [0.2, 0.25) is 0 Å². The molecule has 4 nitrogen and oxygen atoms in total. The minimum absolute atomic E-state index is 0.00747. The van der Waals surface area contributed by atoms with Crippen LogP contribution in [0.25, 0.3) is 0 Å². The molecule has 1 fully saturated rings. The van der Waals surface area contributed by atoms with E-state index in [1.165, 1.54) is 11.1 Å². The third-order valence-electron chi connectivity index (χ3n) is 4.99. The Morgan fingerprint density at radius 2 is 2.11 bits per heavy atom. The van der Waals surface area contributed by atoms with Crippen LogP contribution in [0, 0.1) is 6.92 Å². The molecule has 1 amide bonds. The number of nitrogens with zero attached hydrogens (tertiary/aromatic N) is 1. The molecular weight excluding hydrogens is 360 g/mol. The second-order valence-corrected chi connectivity index (χ2v) is 7.59. The van der Waals surface area contributed by atoms with Gasteiger partial charge < -0.3 is 15.0 Å². The molecule has 0 spiro atoms. The zero-order valence-corrected chi connectivity index (χ0v) is 16.7. The Morgan fingerprint density at radius 3 is 2.81 bits per heavy atom. The molecule has 0 radical (unpaired) electrons. The van der Waals surface area contributed by atoms with Gasteiger partial charge in [-0.3, -0.25) is 4.79 Å². The monoisotopic (exact) mass is 386 g/mol. The number of nitrogens with one attached hydrogen (secondary N) is 1. The standard InChI is InChI=1S/C22H27ClN2O2/c1-16-7-3-4-8-18(16)14-25(15-20-10-6-12-24-20)22(26)17(2)27-21-11-5-9-19(23)13-21/h3-5,7-9,11,13,17,20,24H,6,10,12,14-15H2,1-2H3/t17-,20-/m1/s1. The molecule has 2 aromatic carbocycles. The van der Waals surface area contributed by atoms with Gasteiger partial charge in [0.25, 0.3) is 5.91 Å². The van der Waals surface area contributed by atoms with E-state index in [0.717, 1.165) is 19.4 Å². The molecule has 144 valence electrons. The summed E-state index contributed by atoms with van der Waals surface area (Å²) in [5.41, 5.74) is 2.36. The molecule has 2 aromatic rings. The van der Waals surface area contributed by atoms with E-state index in [0.29, 0.717) is 29.9 Å². The lowest BCUT2D eigenvalue weighted by molar-refractivity contribution is -0.139. The average Bonchev–Trinajstić information content (AvgIpc) is 3.15. The van der Waals surface area contributed by atoms with Gasteiger partial charge in [-0.15, -0.1) is 0 Å². The molecule has 1 aliphatic rings. The molecule has 27 heavy (non-hydrogen) atoms. The summed E-state index contributed by atoms with van der Waals surface area (Å²) in [4.78, 5) is 15.1. The number of amides is 1. The van der Waals surface area contributed by atoms with E-state index in [1.807, 2.05) is 29.2 Å². The molecule has 2 atom stereocenters. The van der Waals surface area contributed by atoms with Crippen LogP contribution in [0.1, 0.15) is 30.9 Å². The first-order chi connectivity index (χ1) is 13.0. The van der Waals surface area contributed by atoms with Gasteiger partial charge in [-0.1, -0.05) is 41.9 Å². The van der Waals surface area contributed by atoms with Crippen LogP contribution in [0.5, 0.6) is 5.75 Å². The Balaban J connectivity index is 1.73.